The van der Waals surface area contributed by atoms with E-state index in [0.29, 0.717) is 12.0 Å². The average molecular weight is 250 g/mol. The second kappa shape index (κ2) is 6.30. The summed E-state index contributed by atoms with van der Waals surface area (Å²) in [4.78, 5) is 2.46. The van der Waals surface area contributed by atoms with E-state index in [1.165, 1.54) is 12.0 Å². The van der Waals surface area contributed by atoms with Crippen molar-refractivity contribution in [3.8, 4) is 0 Å². The van der Waals surface area contributed by atoms with Crippen LogP contribution >= 0.6 is 0 Å². The fraction of sp³-hybridized carbons (Fsp3) is 0.600. The molecule has 2 rings (SSSR count). The first-order valence-corrected chi connectivity index (χ1v) is 6.89. The minimum absolute atomic E-state index is 0.155. The molecule has 1 aliphatic rings. The Hall–Kier alpha value is -0.930. The molecule has 0 spiro atoms. The van der Waals surface area contributed by atoms with Gasteiger partial charge in [0.25, 0.3) is 0 Å². The lowest BCUT2D eigenvalue weighted by Crippen LogP contribution is -2.47. The largest absolute Gasteiger partial charge is 0.314 e. The third kappa shape index (κ3) is 3.53. The summed E-state index contributed by atoms with van der Waals surface area (Å²) >= 11 is 0. The first kappa shape index (κ1) is 13.5. The van der Waals surface area contributed by atoms with Crippen molar-refractivity contribution < 1.29 is 4.39 Å². The van der Waals surface area contributed by atoms with Gasteiger partial charge in [0.15, 0.2) is 0 Å². The predicted octanol–water partition coefficient (Wildman–Crippen LogP) is 2.65. The van der Waals surface area contributed by atoms with Crippen molar-refractivity contribution >= 4 is 0 Å². The molecule has 1 heterocycles. The lowest BCUT2D eigenvalue weighted by atomic mass is 9.93. The van der Waals surface area contributed by atoms with E-state index in [1.54, 1.807) is 12.1 Å². The molecule has 0 radical (unpaired) electrons. The molecule has 18 heavy (non-hydrogen) atoms. The summed E-state index contributed by atoms with van der Waals surface area (Å²) < 4.78 is 12.8. The number of likely N-dealkylation sites (tertiary alicyclic amines) is 1. The van der Waals surface area contributed by atoms with Crippen LogP contribution in [0.15, 0.2) is 24.3 Å². The third-order valence-electron chi connectivity index (χ3n) is 3.78. The molecule has 0 aliphatic carbocycles. The molecule has 1 N–H and O–H groups in total. The summed E-state index contributed by atoms with van der Waals surface area (Å²) in [7, 11) is 0. The van der Waals surface area contributed by atoms with Crippen LogP contribution in [0.2, 0.25) is 0 Å². The van der Waals surface area contributed by atoms with Gasteiger partial charge in [-0.3, -0.25) is 4.90 Å². The zero-order valence-electron chi connectivity index (χ0n) is 11.3. The summed E-state index contributed by atoms with van der Waals surface area (Å²) in [6.07, 6.45) is 1.20. The van der Waals surface area contributed by atoms with Gasteiger partial charge < -0.3 is 5.32 Å². The van der Waals surface area contributed by atoms with Gasteiger partial charge >= 0.3 is 0 Å². The molecule has 1 aromatic carbocycles. The van der Waals surface area contributed by atoms with E-state index in [-0.39, 0.29) is 5.82 Å². The van der Waals surface area contributed by atoms with Gasteiger partial charge in [-0.25, -0.2) is 4.39 Å². The summed E-state index contributed by atoms with van der Waals surface area (Å²) in [5, 5.41) is 3.55. The molecule has 1 aliphatic heterocycles. The molecule has 0 amide bonds. The van der Waals surface area contributed by atoms with Gasteiger partial charge in [-0.05, 0) is 43.1 Å². The highest BCUT2D eigenvalue weighted by atomic mass is 19.1. The highest BCUT2D eigenvalue weighted by Crippen LogP contribution is 2.18. The van der Waals surface area contributed by atoms with E-state index in [4.69, 9.17) is 0 Å². The highest BCUT2D eigenvalue weighted by molar-refractivity contribution is 5.16. The topological polar surface area (TPSA) is 15.3 Å². The molecule has 0 saturated carbocycles. The lowest BCUT2D eigenvalue weighted by Gasteiger charge is -2.37. The Labute approximate surface area is 109 Å². The fourth-order valence-electron chi connectivity index (χ4n) is 2.79. The highest BCUT2D eigenvalue weighted by Gasteiger charge is 2.24. The molecule has 100 valence electrons. The van der Waals surface area contributed by atoms with Crippen molar-refractivity contribution in [3.05, 3.63) is 35.6 Å². The van der Waals surface area contributed by atoms with Crippen LogP contribution in [0.25, 0.3) is 0 Å². The predicted molar refractivity (Wildman–Crippen MR) is 72.9 cm³/mol. The number of nitrogens with one attached hydrogen (secondary N) is 1. The van der Waals surface area contributed by atoms with E-state index in [0.717, 1.165) is 26.2 Å². The molecule has 1 fully saturated rings. The van der Waals surface area contributed by atoms with Gasteiger partial charge in [0.2, 0.25) is 0 Å². The molecule has 2 unspecified atom stereocenters. The first-order chi connectivity index (χ1) is 8.69. The van der Waals surface area contributed by atoms with Crippen LogP contribution in [-0.2, 0) is 6.54 Å². The lowest BCUT2D eigenvalue weighted by molar-refractivity contribution is 0.142. The van der Waals surface area contributed by atoms with Gasteiger partial charge in [-0.15, -0.1) is 0 Å². The van der Waals surface area contributed by atoms with Gasteiger partial charge in [0.1, 0.15) is 5.82 Å². The Kier molecular flexibility index (Phi) is 4.72. The Morgan fingerprint density at radius 1 is 1.33 bits per heavy atom. The number of piperidine rings is 1. The van der Waals surface area contributed by atoms with Gasteiger partial charge in [-0.1, -0.05) is 26.0 Å². The summed E-state index contributed by atoms with van der Waals surface area (Å²) in [5.41, 5.74) is 1.20. The van der Waals surface area contributed by atoms with Crippen LogP contribution in [0.5, 0.6) is 0 Å². The number of benzene rings is 1. The third-order valence-corrected chi connectivity index (χ3v) is 3.78. The summed E-state index contributed by atoms with van der Waals surface area (Å²) in [6.45, 7) is 8.70. The number of hydrogen-bond donors (Lipinski definition) is 1. The standard InChI is InChI=1S/C15H23FN2/c1-3-17-15-8-9-18(10-12(15)2)11-13-4-6-14(16)7-5-13/h4-7,12,15,17H,3,8-11H2,1-2H3. The van der Waals surface area contributed by atoms with Gasteiger partial charge in [0, 0.05) is 19.1 Å². The van der Waals surface area contributed by atoms with Crippen molar-refractivity contribution in [3.63, 3.8) is 0 Å². The number of nitrogens with zero attached hydrogens (tertiary/aromatic N) is 1. The van der Waals surface area contributed by atoms with E-state index in [9.17, 15) is 4.39 Å². The van der Waals surface area contributed by atoms with Crippen LogP contribution in [0.1, 0.15) is 25.8 Å². The Bertz CT molecular complexity index is 363. The minimum Gasteiger partial charge on any atom is -0.314 e. The van der Waals surface area contributed by atoms with Crippen LogP contribution in [-0.4, -0.2) is 30.6 Å². The van der Waals surface area contributed by atoms with Crippen LogP contribution in [0, 0.1) is 11.7 Å². The van der Waals surface area contributed by atoms with Crippen molar-refractivity contribution in [1.29, 1.82) is 0 Å². The molecule has 1 aromatic rings. The quantitative estimate of drug-likeness (QED) is 0.883. The maximum absolute atomic E-state index is 12.8. The maximum Gasteiger partial charge on any atom is 0.123 e. The average Bonchev–Trinajstić information content (AvgIpc) is 2.36. The number of hydrogen-bond acceptors (Lipinski definition) is 2. The van der Waals surface area contributed by atoms with Gasteiger partial charge in [0.05, 0.1) is 0 Å². The molecule has 2 nitrogen and oxygen atoms in total. The smallest absolute Gasteiger partial charge is 0.123 e. The van der Waals surface area contributed by atoms with Crippen molar-refractivity contribution in [2.45, 2.75) is 32.9 Å². The molecule has 0 aromatic heterocycles. The van der Waals surface area contributed by atoms with Crippen molar-refractivity contribution in [1.82, 2.24) is 10.2 Å². The Balaban J connectivity index is 1.87. The fourth-order valence-corrected chi connectivity index (χ4v) is 2.79. The van der Waals surface area contributed by atoms with Crippen LogP contribution < -0.4 is 5.32 Å². The first-order valence-electron chi connectivity index (χ1n) is 6.89. The SMILES string of the molecule is CCNC1CCN(Cc2ccc(F)cc2)CC1C. The molecule has 1 saturated heterocycles. The molecular formula is C15H23FN2. The summed E-state index contributed by atoms with van der Waals surface area (Å²) in [6, 6.07) is 7.51. The zero-order chi connectivity index (χ0) is 13.0. The maximum atomic E-state index is 12.8. The Morgan fingerprint density at radius 3 is 2.67 bits per heavy atom. The number of halogens is 1. The molecular weight excluding hydrogens is 227 g/mol. The monoisotopic (exact) mass is 250 g/mol. The minimum atomic E-state index is -0.155. The van der Waals surface area contributed by atoms with Crippen LogP contribution in [0.4, 0.5) is 4.39 Å². The van der Waals surface area contributed by atoms with E-state index in [1.807, 2.05) is 12.1 Å². The van der Waals surface area contributed by atoms with Gasteiger partial charge in [-0.2, -0.15) is 0 Å². The Morgan fingerprint density at radius 2 is 2.06 bits per heavy atom. The summed E-state index contributed by atoms with van der Waals surface area (Å²) in [5.74, 6) is 0.525. The van der Waals surface area contributed by atoms with E-state index < -0.39 is 0 Å². The number of rotatable bonds is 4. The van der Waals surface area contributed by atoms with Crippen molar-refractivity contribution in [2.24, 2.45) is 5.92 Å². The molecule has 0 bridgehead atoms. The second-order valence-electron chi connectivity index (χ2n) is 5.29. The second-order valence-corrected chi connectivity index (χ2v) is 5.29. The van der Waals surface area contributed by atoms with Crippen molar-refractivity contribution in [2.75, 3.05) is 19.6 Å². The van der Waals surface area contributed by atoms with E-state index >= 15 is 0 Å². The normalized spacial score (nSPS) is 25.3. The zero-order valence-corrected chi connectivity index (χ0v) is 11.3. The molecule has 3 heteroatoms. The van der Waals surface area contributed by atoms with E-state index in [2.05, 4.69) is 24.1 Å². The molecule has 2 atom stereocenters. The van der Waals surface area contributed by atoms with Crippen LogP contribution in [0.3, 0.4) is 0 Å².